The van der Waals surface area contributed by atoms with E-state index in [0.29, 0.717) is 74.3 Å². The van der Waals surface area contributed by atoms with Crippen molar-refractivity contribution in [2.45, 2.75) is 89.0 Å². The van der Waals surface area contributed by atoms with E-state index in [4.69, 9.17) is 26.1 Å². The van der Waals surface area contributed by atoms with E-state index in [1.165, 1.54) is 12.1 Å². The van der Waals surface area contributed by atoms with E-state index in [1.54, 1.807) is 0 Å². The molecule has 1 aromatic carbocycles. The second kappa shape index (κ2) is 11.9. The van der Waals surface area contributed by atoms with E-state index >= 15 is 4.39 Å². The maximum Gasteiger partial charge on any atom is 0.226 e. The van der Waals surface area contributed by atoms with Crippen LogP contribution >= 0.6 is 11.6 Å². The minimum Gasteiger partial charge on any atom is -0.381 e. The summed E-state index contributed by atoms with van der Waals surface area (Å²) in [5.74, 6) is -1.98. The molecule has 0 radical (unpaired) electrons. The van der Waals surface area contributed by atoms with Crippen molar-refractivity contribution >= 4 is 17.5 Å². The first-order chi connectivity index (χ1) is 20.9. The number of ether oxygens (including phenoxy) is 2. The van der Waals surface area contributed by atoms with Crippen molar-refractivity contribution in [1.29, 1.82) is 5.26 Å². The molecule has 1 aromatic heterocycles. The summed E-state index contributed by atoms with van der Waals surface area (Å²) in [4.78, 5) is 23.4. The minimum absolute atomic E-state index is 0.00354. The van der Waals surface area contributed by atoms with Crippen molar-refractivity contribution in [3.05, 3.63) is 63.4 Å². The molecule has 3 aliphatic heterocycles. The van der Waals surface area contributed by atoms with Gasteiger partial charge in [0.05, 0.1) is 27.9 Å². The molecule has 0 N–H and O–H groups in total. The molecule has 4 atom stereocenters. The summed E-state index contributed by atoms with van der Waals surface area (Å²) in [7, 11) is 2.10. The fraction of sp³-hybridized carbons (Fsp3) is 0.618. The monoisotopic (exact) mass is 626 g/mol. The van der Waals surface area contributed by atoms with Crippen molar-refractivity contribution < 1.29 is 23.0 Å². The molecule has 236 valence electrons. The number of nitriles is 1. The average molecular weight is 627 g/mol. The van der Waals surface area contributed by atoms with Gasteiger partial charge in [0.25, 0.3) is 0 Å². The Balaban J connectivity index is 1.24. The molecule has 44 heavy (non-hydrogen) atoms. The maximum atomic E-state index is 15.2. The zero-order chi connectivity index (χ0) is 31.4. The van der Waals surface area contributed by atoms with Gasteiger partial charge in [-0.05, 0) is 90.0 Å². The highest BCUT2D eigenvalue weighted by Crippen LogP contribution is 2.55. The average Bonchev–Trinajstić information content (AvgIpc) is 3.58. The Bertz CT molecular complexity index is 1470. The van der Waals surface area contributed by atoms with Crippen LogP contribution in [0.3, 0.4) is 0 Å². The van der Waals surface area contributed by atoms with Gasteiger partial charge in [-0.1, -0.05) is 17.7 Å². The minimum atomic E-state index is -0.798. The molecule has 2 aromatic rings. The lowest BCUT2D eigenvalue weighted by atomic mass is 9.82. The summed E-state index contributed by atoms with van der Waals surface area (Å²) < 4.78 is 41.3. The number of pyridine rings is 1. The van der Waals surface area contributed by atoms with E-state index in [2.05, 4.69) is 18.0 Å². The topological polar surface area (TPSA) is 78.7 Å². The summed E-state index contributed by atoms with van der Waals surface area (Å²) in [6, 6.07) is 8.44. The normalized spacial score (nSPS) is 27.1. The number of carbonyl (C=O) groups excluding carboxylic acids is 1. The van der Waals surface area contributed by atoms with Gasteiger partial charge in [-0.25, -0.2) is 8.78 Å². The lowest BCUT2D eigenvalue weighted by Crippen LogP contribution is -2.48. The quantitative estimate of drug-likeness (QED) is 0.380. The smallest absolute Gasteiger partial charge is 0.226 e. The van der Waals surface area contributed by atoms with Gasteiger partial charge in [-0.15, -0.1) is 0 Å². The van der Waals surface area contributed by atoms with Gasteiger partial charge in [0.1, 0.15) is 23.3 Å². The Morgan fingerprint density at radius 1 is 1.14 bits per heavy atom. The Kier molecular flexibility index (Phi) is 8.51. The van der Waals surface area contributed by atoms with E-state index in [-0.39, 0.29) is 17.9 Å². The van der Waals surface area contributed by atoms with Crippen LogP contribution in [-0.4, -0.2) is 66.1 Å². The Morgan fingerprint density at radius 3 is 2.50 bits per heavy atom. The molecule has 6 rings (SSSR count). The molecule has 10 heteroatoms. The molecule has 3 fully saturated rings. The molecule has 4 aliphatic rings. The van der Waals surface area contributed by atoms with Crippen LogP contribution in [0.4, 0.5) is 8.78 Å². The Labute approximate surface area is 263 Å². The number of amides is 1. The molecule has 2 unspecified atom stereocenters. The first-order valence-electron chi connectivity index (χ1n) is 15.7. The summed E-state index contributed by atoms with van der Waals surface area (Å²) in [6.45, 7) is 7.92. The third kappa shape index (κ3) is 5.53. The van der Waals surface area contributed by atoms with Gasteiger partial charge in [0, 0.05) is 55.9 Å². The van der Waals surface area contributed by atoms with E-state index < -0.39 is 34.7 Å². The third-order valence-electron chi connectivity index (χ3n) is 10.6. The zero-order valence-electron chi connectivity index (χ0n) is 25.9. The van der Waals surface area contributed by atoms with Crippen molar-refractivity contribution in [2.24, 2.45) is 11.3 Å². The predicted molar refractivity (Wildman–Crippen MR) is 162 cm³/mol. The van der Waals surface area contributed by atoms with E-state index in [1.807, 2.05) is 31.7 Å². The summed E-state index contributed by atoms with van der Waals surface area (Å²) in [5.41, 5.74) is 1.25. The summed E-state index contributed by atoms with van der Waals surface area (Å²) >= 11 is 6.47. The fourth-order valence-corrected chi connectivity index (χ4v) is 8.09. The predicted octanol–water partition coefficient (Wildman–Crippen LogP) is 6.43. The molecule has 1 amide bonds. The molecule has 1 spiro atoms. The van der Waals surface area contributed by atoms with E-state index in [0.717, 1.165) is 30.2 Å². The lowest BCUT2D eigenvalue weighted by molar-refractivity contribution is -0.153. The van der Waals surface area contributed by atoms with Crippen molar-refractivity contribution in [3.8, 4) is 6.07 Å². The van der Waals surface area contributed by atoms with Crippen LogP contribution < -0.4 is 0 Å². The number of carbonyl (C=O) groups is 1. The van der Waals surface area contributed by atoms with Crippen molar-refractivity contribution in [3.63, 3.8) is 0 Å². The largest absolute Gasteiger partial charge is 0.381 e. The van der Waals surface area contributed by atoms with Crippen LogP contribution in [0, 0.1) is 41.2 Å². The highest BCUT2D eigenvalue weighted by molar-refractivity contribution is 6.31. The number of benzene rings is 1. The number of hydrogen-bond acceptors (Lipinski definition) is 6. The molecule has 1 saturated carbocycles. The van der Waals surface area contributed by atoms with Crippen molar-refractivity contribution in [2.75, 3.05) is 33.4 Å². The van der Waals surface area contributed by atoms with Crippen LogP contribution in [0.2, 0.25) is 5.02 Å². The standard InChI is InChI=1S/C34H41ClF2N4O3/c1-20-28(35)18-27-30(39-20)34(44-31(27)33(2,3)19-38)9-11-41(12-10-34)32(42)26-17-23(40(4)22-7-13-43-14-8-22)16-25(26)24-6-5-21(36)15-29(24)37/h5-6,15,18,22-23,25-26,31H,7-14,16-17H2,1-4H3/t23?,25-,26-,31?/m1/s1. The number of aryl methyl sites for hydroxylation is 1. The number of rotatable bonds is 5. The van der Waals surface area contributed by atoms with Crippen LogP contribution in [0.5, 0.6) is 0 Å². The second-order valence-corrected chi connectivity index (χ2v) is 14.1. The number of likely N-dealkylation sites (tertiary alicyclic amines) is 1. The Morgan fingerprint density at radius 2 is 1.84 bits per heavy atom. The van der Waals surface area contributed by atoms with Crippen LogP contribution in [0.15, 0.2) is 24.3 Å². The molecular weight excluding hydrogens is 586 g/mol. The number of hydrogen-bond donors (Lipinski definition) is 0. The molecule has 1 aliphatic carbocycles. The van der Waals surface area contributed by atoms with Gasteiger partial charge in [0.15, 0.2) is 0 Å². The van der Waals surface area contributed by atoms with E-state index in [9.17, 15) is 14.4 Å². The summed E-state index contributed by atoms with van der Waals surface area (Å²) in [6.07, 6.45) is 3.69. The molecular formula is C34H41ClF2N4O3. The fourth-order valence-electron chi connectivity index (χ4n) is 7.93. The van der Waals surface area contributed by atoms with Crippen LogP contribution in [0.1, 0.15) is 86.9 Å². The molecule has 2 saturated heterocycles. The first kappa shape index (κ1) is 31.3. The lowest BCUT2D eigenvalue weighted by Gasteiger charge is -2.41. The second-order valence-electron chi connectivity index (χ2n) is 13.7. The number of halogens is 3. The molecule has 7 nitrogen and oxygen atoms in total. The number of aromatic nitrogens is 1. The SMILES string of the molecule is Cc1nc2c(cc1Cl)C(C(C)(C)C#N)OC21CCN(C(=O)[C@@H]2CC(N(C)C3CCOCC3)C[C@@H]2c2ccc(F)cc2F)CC1. The highest BCUT2D eigenvalue weighted by Gasteiger charge is 2.54. The van der Waals surface area contributed by atoms with Gasteiger partial charge < -0.3 is 19.3 Å². The summed E-state index contributed by atoms with van der Waals surface area (Å²) in [5, 5.41) is 10.5. The first-order valence-corrected chi connectivity index (χ1v) is 16.1. The zero-order valence-corrected chi connectivity index (χ0v) is 26.7. The third-order valence-corrected chi connectivity index (χ3v) is 11.0. The van der Waals surface area contributed by atoms with Crippen LogP contribution in [0.25, 0.3) is 0 Å². The highest BCUT2D eigenvalue weighted by atomic mass is 35.5. The van der Waals surface area contributed by atoms with Gasteiger partial charge in [0.2, 0.25) is 5.91 Å². The van der Waals surface area contributed by atoms with Gasteiger partial charge in [-0.2, -0.15) is 5.26 Å². The molecule has 4 heterocycles. The number of fused-ring (bicyclic) bond motifs is 2. The van der Waals surface area contributed by atoms with Crippen molar-refractivity contribution in [1.82, 2.24) is 14.8 Å². The molecule has 0 bridgehead atoms. The van der Waals surface area contributed by atoms with Gasteiger partial charge in [-0.3, -0.25) is 9.78 Å². The Hall–Kier alpha value is -2.64. The van der Waals surface area contributed by atoms with Gasteiger partial charge >= 0.3 is 0 Å². The maximum absolute atomic E-state index is 15.2. The van der Waals surface area contributed by atoms with Crippen LogP contribution in [-0.2, 0) is 19.9 Å². The number of piperidine rings is 1. The number of nitrogens with zero attached hydrogens (tertiary/aromatic N) is 4.